The summed E-state index contributed by atoms with van der Waals surface area (Å²) >= 11 is 0. The molecule has 0 atom stereocenters. The zero-order valence-electron chi connectivity index (χ0n) is 11.3. The molecule has 1 aromatic rings. The first kappa shape index (κ1) is 14.3. The maximum Gasteiger partial charge on any atom is 0.241 e. The average molecular weight is 284 g/mol. The second-order valence-electron chi connectivity index (χ2n) is 5.18. The van der Waals surface area contributed by atoms with E-state index in [0.29, 0.717) is 29.2 Å². The summed E-state index contributed by atoms with van der Waals surface area (Å²) in [6.45, 7) is 2.31. The molecule has 0 saturated heterocycles. The van der Waals surface area contributed by atoms with Gasteiger partial charge in [0.05, 0.1) is 12.0 Å². The van der Waals surface area contributed by atoms with Crippen LogP contribution in [0, 0.1) is 0 Å². The van der Waals surface area contributed by atoms with Crippen molar-refractivity contribution in [3.05, 3.63) is 23.8 Å². The van der Waals surface area contributed by atoms with Crippen molar-refractivity contribution >= 4 is 10.0 Å². The van der Waals surface area contributed by atoms with Crippen LogP contribution in [0.15, 0.2) is 23.1 Å². The number of nitrogens with one attached hydrogen (secondary N) is 1. The Labute approximate surface area is 114 Å². The first-order chi connectivity index (χ1) is 8.90. The molecule has 0 radical (unpaired) electrons. The van der Waals surface area contributed by atoms with Gasteiger partial charge in [0.2, 0.25) is 10.0 Å². The number of sulfonamides is 1. The molecule has 0 heterocycles. The molecule has 0 unspecified atom stereocenters. The molecular weight excluding hydrogens is 264 g/mol. The van der Waals surface area contributed by atoms with Crippen molar-refractivity contribution in [3.63, 3.8) is 0 Å². The van der Waals surface area contributed by atoms with E-state index in [0.717, 1.165) is 12.8 Å². The van der Waals surface area contributed by atoms with Gasteiger partial charge < -0.3 is 10.5 Å². The molecule has 1 saturated carbocycles. The molecule has 0 bridgehead atoms. The van der Waals surface area contributed by atoms with Gasteiger partial charge in [0.15, 0.2) is 0 Å². The minimum Gasteiger partial charge on any atom is -0.497 e. The SMILES string of the molecule is COc1ccc(S(=O)(=O)NC2(C)CC2)c(CCN)c1. The molecule has 5 nitrogen and oxygen atoms in total. The number of nitrogens with two attached hydrogens (primary N) is 1. The van der Waals surface area contributed by atoms with E-state index in [-0.39, 0.29) is 5.54 Å². The van der Waals surface area contributed by atoms with Gasteiger partial charge in [-0.2, -0.15) is 0 Å². The van der Waals surface area contributed by atoms with Crippen LogP contribution in [0.3, 0.4) is 0 Å². The number of ether oxygens (including phenoxy) is 1. The number of rotatable bonds is 6. The zero-order chi connectivity index (χ0) is 14.1. The summed E-state index contributed by atoms with van der Waals surface area (Å²) in [7, 11) is -1.94. The van der Waals surface area contributed by atoms with Crippen LogP contribution in [-0.4, -0.2) is 27.6 Å². The summed E-state index contributed by atoms with van der Waals surface area (Å²) in [5.41, 5.74) is 5.96. The van der Waals surface area contributed by atoms with E-state index in [9.17, 15) is 8.42 Å². The van der Waals surface area contributed by atoms with Gasteiger partial charge in [-0.3, -0.25) is 0 Å². The topological polar surface area (TPSA) is 81.4 Å². The lowest BCUT2D eigenvalue weighted by Gasteiger charge is -2.15. The molecule has 1 aliphatic rings. The Hall–Kier alpha value is -1.11. The van der Waals surface area contributed by atoms with Crippen molar-refractivity contribution in [1.29, 1.82) is 0 Å². The molecule has 6 heteroatoms. The third kappa shape index (κ3) is 3.26. The van der Waals surface area contributed by atoms with Gasteiger partial charge in [0.1, 0.15) is 5.75 Å². The summed E-state index contributed by atoms with van der Waals surface area (Å²) in [5.74, 6) is 0.639. The second-order valence-corrected chi connectivity index (χ2v) is 6.83. The fraction of sp³-hybridized carbons (Fsp3) is 0.538. The van der Waals surface area contributed by atoms with Gasteiger partial charge in [-0.15, -0.1) is 0 Å². The van der Waals surface area contributed by atoms with E-state index in [1.54, 1.807) is 25.3 Å². The van der Waals surface area contributed by atoms with Crippen LogP contribution in [0.2, 0.25) is 0 Å². The summed E-state index contributed by atoms with van der Waals surface area (Å²) in [4.78, 5) is 0.298. The van der Waals surface area contributed by atoms with Crippen LogP contribution in [0.1, 0.15) is 25.3 Å². The fourth-order valence-electron chi connectivity index (χ4n) is 1.96. The maximum atomic E-state index is 12.4. The van der Waals surface area contributed by atoms with E-state index in [4.69, 9.17) is 10.5 Å². The highest BCUT2D eigenvalue weighted by atomic mass is 32.2. The smallest absolute Gasteiger partial charge is 0.241 e. The largest absolute Gasteiger partial charge is 0.497 e. The molecule has 1 aromatic carbocycles. The van der Waals surface area contributed by atoms with Gasteiger partial charge in [0.25, 0.3) is 0 Å². The Kier molecular flexibility index (Phi) is 3.85. The number of benzene rings is 1. The predicted molar refractivity (Wildman–Crippen MR) is 73.7 cm³/mol. The fourth-order valence-corrected chi connectivity index (χ4v) is 3.68. The lowest BCUT2D eigenvalue weighted by molar-refractivity contribution is 0.413. The van der Waals surface area contributed by atoms with Crippen LogP contribution < -0.4 is 15.2 Å². The standard InChI is InChI=1S/C13H20N2O3S/c1-13(6-7-13)15-19(16,17)12-4-3-11(18-2)9-10(12)5-8-14/h3-4,9,15H,5-8,14H2,1-2H3. The molecule has 19 heavy (non-hydrogen) atoms. The summed E-state index contributed by atoms with van der Waals surface area (Å²) in [6.07, 6.45) is 2.27. The van der Waals surface area contributed by atoms with E-state index in [2.05, 4.69) is 4.72 Å². The van der Waals surface area contributed by atoms with Gasteiger partial charge in [-0.1, -0.05) is 0 Å². The Balaban J connectivity index is 2.36. The summed E-state index contributed by atoms with van der Waals surface area (Å²) in [5, 5.41) is 0. The highest BCUT2D eigenvalue weighted by Gasteiger charge is 2.41. The Bertz CT molecular complexity index is 565. The van der Waals surface area contributed by atoms with Crippen LogP contribution >= 0.6 is 0 Å². The monoisotopic (exact) mass is 284 g/mol. The number of methoxy groups -OCH3 is 1. The molecule has 3 N–H and O–H groups in total. The molecule has 1 aliphatic carbocycles. The second kappa shape index (κ2) is 5.11. The molecule has 106 valence electrons. The zero-order valence-corrected chi connectivity index (χ0v) is 12.1. The van der Waals surface area contributed by atoms with E-state index in [1.165, 1.54) is 0 Å². The van der Waals surface area contributed by atoms with Gasteiger partial charge in [-0.25, -0.2) is 13.1 Å². The lowest BCUT2D eigenvalue weighted by atomic mass is 10.1. The minimum atomic E-state index is -3.49. The summed E-state index contributed by atoms with van der Waals surface area (Å²) in [6, 6.07) is 4.97. The Morgan fingerprint density at radius 3 is 2.63 bits per heavy atom. The van der Waals surface area contributed by atoms with Gasteiger partial charge in [0, 0.05) is 5.54 Å². The number of hydrogen-bond acceptors (Lipinski definition) is 4. The van der Waals surface area contributed by atoms with Crippen LogP contribution in [-0.2, 0) is 16.4 Å². The van der Waals surface area contributed by atoms with Crippen molar-refractivity contribution in [2.24, 2.45) is 5.73 Å². The molecule has 0 aliphatic heterocycles. The molecule has 0 aromatic heterocycles. The van der Waals surface area contributed by atoms with E-state index >= 15 is 0 Å². The highest BCUT2D eigenvalue weighted by molar-refractivity contribution is 7.89. The van der Waals surface area contributed by atoms with Crippen molar-refractivity contribution in [3.8, 4) is 5.75 Å². The van der Waals surface area contributed by atoms with E-state index < -0.39 is 10.0 Å². The van der Waals surface area contributed by atoms with Gasteiger partial charge >= 0.3 is 0 Å². The first-order valence-corrected chi connectivity index (χ1v) is 7.79. The molecular formula is C13H20N2O3S. The highest BCUT2D eigenvalue weighted by Crippen LogP contribution is 2.36. The van der Waals surface area contributed by atoms with E-state index in [1.807, 2.05) is 6.92 Å². The van der Waals surface area contributed by atoms with Crippen molar-refractivity contribution < 1.29 is 13.2 Å². The van der Waals surface area contributed by atoms with Crippen LogP contribution in [0.25, 0.3) is 0 Å². The van der Waals surface area contributed by atoms with Crippen molar-refractivity contribution in [2.75, 3.05) is 13.7 Å². The molecule has 2 rings (SSSR count). The minimum absolute atomic E-state index is 0.279. The predicted octanol–water partition coefficient (Wildman–Crippen LogP) is 1.03. The average Bonchev–Trinajstić information content (AvgIpc) is 3.05. The third-order valence-electron chi connectivity index (χ3n) is 3.35. The first-order valence-electron chi connectivity index (χ1n) is 6.31. The lowest BCUT2D eigenvalue weighted by Crippen LogP contribution is -2.34. The molecule has 0 amide bonds. The van der Waals surface area contributed by atoms with Crippen LogP contribution in [0.5, 0.6) is 5.75 Å². The van der Waals surface area contributed by atoms with Crippen molar-refractivity contribution in [2.45, 2.75) is 36.6 Å². The van der Waals surface area contributed by atoms with Gasteiger partial charge in [-0.05, 0) is 56.5 Å². The maximum absolute atomic E-state index is 12.4. The molecule has 0 spiro atoms. The van der Waals surface area contributed by atoms with Crippen LogP contribution in [0.4, 0.5) is 0 Å². The Morgan fingerprint density at radius 2 is 2.11 bits per heavy atom. The molecule has 1 fully saturated rings. The Morgan fingerprint density at radius 1 is 1.42 bits per heavy atom. The number of hydrogen-bond donors (Lipinski definition) is 2. The third-order valence-corrected chi connectivity index (χ3v) is 5.09. The normalized spacial score (nSPS) is 17.2. The quantitative estimate of drug-likeness (QED) is 0.817. The van der Waals surface area contributed by atoms with Crippen molar-refractivity contribution in [1.82, 2.24) is 4.72 Å². The summed E-state index contributed by atoms with van der Waals surface area (Å²) < 4.78 is 32.7.